The van der Waals surface area contributed by atoms with Crippen LogP contribution in [0.25, 0.3) is 0 Å². The van der Waals surface area contributed by atoms with E-state index in [0.717, 1.165) is 12.2 Å². The molecule has 2 N–H and O–H groups in total. The van der Waals surface area contributed by atoms with E-state index >= 15 is 0 Å². The van der Waals surface area contributed by atoms with Gasteiger partial charge in [0.15, 0.2) is 0 Å². The number of hydrogen-bond acceptors (Lipinski definition) is 2. The van der Waals surface area contributed by atoms with Crippen LogP contribution >= 0.6 is 11.8 Å². The third kappa shape index (κ3) is 4.12. The summed E-state index contributed by atoms with van der Waals surface area (Å²) in [5, 5.41) is 0. The molecule has 0 aliphatic rings. The molecular formula is C18H23NS. The average Bonchev–Trinajstić information content (AvgIpc) is 2.39. The Kier molecular flexibility index (Phi) is 5.27. The first-order chi connectivity index (χ1) is 9.56. The van der Waals surface area contributed by atoms with Gasteiger partial charge in [-0.3, -0.25) is 0 Å². The van der Waals surface area contributed by atoms with Gasteiger partial charge in [0.05, 0.1) is 0 Å². The minimum atomic E-state index is 0.203. The summed E-state index contributed by atoms with van der Waals surface area (Å²) in [6.45, 7) is 6.38. The number of rotatable bonds is 5. The van der Waals surface area contributed by atoms with Crippen LogP contribution in [0.3, 0.4) is 0 Å². The van der Waals surface area contributed by atoms with Crippen molar-refractivity contribution in [1.29, 1.82) is 0 Å². The van der Waals surface area contributed by atoms with Crippen molar-refractivity contribution in [3.05, 3.63) is 64.7 Å². The van der Waals surface area contributed by atoms with Crippen molar-refractivity contribution in [2.75, 3.05) is 0 Å². The number of nitrogens with two attached hydrogens (primary N) is 1. The summed E-state index contributed by atoms with van der Waals surface area (Å²) in [5.41, 5.74) is 11.4. The summed E-state index contributed by atoms with van der Waals surface area (Å²) >= 11 is 1.91. The quantitative estimate of drug-likeness (QED) is 0.819. The maximum Gasteiger partial charge on any atom is 0.0234 e. The zero-order chi connectivity index (χ0) is 14.5. The molecule has 0 bridgehead atoms. The molecule has 1 unspecified atom stereocenters. The maximum absolute atomic E-state index is 5.97. The topological polar surface area (TPSA) is 26.0 Å². The van der Waals surface area contributed by atoms with Crippen LogP contribution in [0.4, 0.5) is 0 Å². The van der Waals surface area contributed by atoms with E-state index in [2.05, 4.69) is 63.2 Å². The molecule has 2 aromatic rings. The Morgan fingerprint density at radius 3 is 2.50 bits per heavy atom. The Hall–Kier alpha value is -1.25. The normalized spacial score (nSPS) is 12.4. The van der Waals surface area contributed by atoms with Crippen molar-refractivity contribution in [3.8, 4) is 0 Å². The van der Waals surface area contributed by atoms with E-state index in [-0.39, 0.29) is 6.04 Å². The molecule has 2 heteroatoms. The third-order valence-electron chi connectivity index (χ3n) is 3.40. The maximum atomic E-state index is 5.97. The predicted molar refractivity (Wildman–Crippen MR) is 89.3 cm³/mol. The zero-order valence-corrected chi connectivity index (χ0v) is 13.3. The first-order valence-electron chi connectivity index (χ1n) is 7.08. The zero-order valence-electron chi connectivity index (χ0n) is 12.5. The highest BCUT2D eigenvalue weighted by molar-refractivity contribution is 7.98. The Morgan fingerprint density at radius 1 is 1.05 bits per heavy atom. The van der Waals surface area contributed by atoms with Gasteiger partial charge in [0, 0.05) is 16.7 Å². The largest absolute Gasteiger partial charge is 0.328 e. The molecule has 20 heavy (non-hydrogen) atoms. The van der Waals surface area contributed by atoms with Crippen molar-refractivity contribution >= 4 is 11.8 Å². The molecule has 0 saturated heterocycles. The van der Waals surface area contributed by atoms with Gasteiger partial charge in [0.2, 0.25) is 0 Å². The van der Waals surface area contributed by atoms with Crippen LogP contribution in [0.5, 0.6) is 0 Å². The Balaban J connectivity index is 2.15. The van der Waals surface area contributed by atoms with E-state index < -0.39 is 0 Å². The van der Waals surface area contributed by atoms with Crippen LogP contribution < -0.4 is 5.73 Å². The lowest BCUT2D eigenvalue weighted by Gasteiger charge is -2.13. The van der Waals surface area contributed by atoms with Crippen molar-refractivity contribution in [2.24, 2.45) is 5.73 Å². The molecule has 0 aliphatic heterocycles. The number of aryl methyl sites for hydroxylation is 2. The molecule has 0 heterocycles. The lowest BCUT2D eigenvalue weighted by molar-refractivity contribution is 0.729. The highest BCUT2D eigenvalue weighted by Gasteiger charge is 2.07. The van der Waals surface area contributed by atoms with Crippen molar-refractivity contribution < 1.29 is 0 Å². The molecule has 0 radical (unpaired) electrons. The van der Waals surface area contributed by atoms with E-state index in [1.54, 1.807) is 0 Å². The molecule has 2 aromatic carbocycles. The van der Waals surface area contributed by atoms with Gasteiger partial charge in [-0.15, -0.1) is 11.8 Å². The Morgan fingerprint density at radius 2 is 1.80 bits per heavy atom. The first-order valence-corrected chi connectivity index (χ1v) is 8.07. The van der Waals surface area contributed by atoms with Crippen LogP contribution in [0.15, 0.2) is 47.4 Å². The van der Waals surface area contributed by atoms with Gasteiger partial charge in [-0.2, -0.15) is 0 Å². The van der Waals surface area contributed by atoms with E-state index in [0.29, 0.717) is 0 Å². The van der Waals surface area contributed by atoms with Gasteiger partial charge in [0.25, 0.3) is 0 Å². The third-order valence-corrected chi connectivity index (χ3v) is 4.57. The summed E-state index contributed by atoms with van der Waals surface area (Å²) in [7, 11) is 0. The molecule has 0 fully saturated rings. The van der Waals surface area contributed by atoms with Crippen molar-refractivity contribution in [2.45, 2.75) is 43.9 Å². The van der Waals surface area contributed by atoms with Crippen molar-refractivity contribution in [3.63, 3.8) is 0 Å². The van der Waals surface area contributed by atoms with E-state index in [1.807, 2.05) is 11.8 Å². The van der Waals surface area contributed by atoms with Gasteiger partial charge < -0.3 is 5.73 Å². The fourth-order valence-corrected chi connectivity index (χ4v) is 3.41. The van der Waals surface area contributed by atoms with Crippen LogP contribution in [0.1, 0.15) is 29.2 Å². The smallest absolute Gasteiger partial charge is 0.0234 e. The highest BCUT2D eigenvalue weighted by atomic mass is 32.2. The standard InChI is InChI=1S/C18H23NS/c1-13-8-9-18(17(10-13)11-15(3)19)20-12-16-7-5-4-6-14(16)2/h4-10,15H,11-12,19H2,1-3H3. The SMILES string of the molecule is Cc1ccc(SCc2ccccc2C)c(CC(C)N)c1. The van der Waals surface area contributed by atoms with Gasteiger partial charge >= 0.3 is 0 Å². The summed E-state index contributed by atoms with van der Waals surface area (Å²) in [6.07, 6.45) is 0.942. The second kappa shape index (κ2) is 6.96. The molecular weight excluding hydrogens is 262 g/mol. The number of hydrogen-bond donors (Lipinski definition) is 1. The average molecular weight is 285 g/mol. The van der Waals surface area contributed by atoms with Gasteiger partial charge in [-0.25, -0.2) is 0 Å². The first kappa shape index (κ1) is 15.1. The molecule has 1 atom stereocenters. The molecule has 106 valence electrons. The summed E-state index contributed by atoms with van der Waals surface area (Å²) in [6, 6.07) is 15.5. The van der Waals surface area contributed by atoms with Crippen LogP contribution in [-0.4, -0.2) is 6.04 Å². The minimum Gasteiger partial charge on any atom is -0.328 e. The Bertz CT molecular complexity index is 575. The van der Waals surface area contributed by atoms with Crippen LogP contribution in [0.2, 0.25) is 0 Å². The fourth-order valence-electron chi connectivity index (χ4n) is 2.28. The molecule has 0 spiro atoms. The molecule has 0 saturated carbocycles. The monoisotopic (exact) mass is 285 g/mol. The molecule has 0 aliphatic carbocycles. The minimum absolute atomic E-state index is 0.203. The van der Waals surface area contributed by atoms with Crippen LogP contribution in [0, 0.1) is 13.8 Å². The molecule has 0 aromatic heterocycles. The molecule has 0 amide bonds. The summed E-state index contributed by atoms with van der Waals surface area (Å²) in [4.78, 5) is 1.36. The van der Waals surface area contributed by atoms with Gasteiger partial charge in [-0.05, 0) is 49.9 Å². The summed E-state index contributed by atoms with van der Waals surface area (Å²) in [5.74, 6) is 1.02. The predicted octanol–water partition coefficient (Wildman–Crippen LogP) is 4.49. The molecule has 2 rings (SSSR count). The Labute approximate surface area is 126 Å². The number of benzene rings is 2. The second-order valence-electron chi connectivity index (χ2n) is 5.51. The fraction of sp³-hybridized carbons (Fsp3) is 0.333. The number of thioether (sulfide) groups is 1. The van der Waals surface area contributed by atoms with E-state index in [9.17, 15) is 0 Å². The van der Waals surface area contributed by atoms with Crippen LogP contribution in [-0.2, 0) is 12.2 Å². The highest BCUT2D eigenvalue weighted by Crippen LogP contribution is 2.28. The van der Waals surface area contributed by atoms with E-state index in [1.165, 1.54) is 27.1 Å². The second-order valence-corrected chi connectivity index (χ2v) is 6.52. The molecule has 1 nitrogen and oxygen atoms in total. The summed E-state index contributed by atoms with van der Waals surface area (Å²) < 4.78 is 0. The van der Waals surface area contributed by atoms with Gasteiger partial charge in [0.1, 0.15) is 0 Å². The lowest BCUT2D eigenvalue weighted by Crippen LogP contribution is -2.18. The van der Waals surface area contributed by atoms with Crippen molar-refractivity contribution in [1.82, 2.24) is 0 Å². The van der Waals surface area contributed by atoms with E-state index in [4.69, 9.17) is 5.73 Å². The van der Waals surface area contributed by atoms with Gasteiger partial charge in [-0.1, -0.05) is 42.0 Å². The lowest BCUT2D eigenvalue weighted by atomic mass is 10.1.